The number of nitrogens with zero attached hydrogens (tertiary/aromatic N) is 2. The number of ether oxygens (including phenoxy) is 1. The number of amides is 1. The molecule has 1 amide bonds. The van der Waals surface area contributed by atoms with Crippen molar-refractivity contribution in [2.24, 2.45) is 0 Å². The topological polar surface area (TPSA) is 62.7 Å². The number of rotatable bonds is 3. The summed E-state index contributed by atoms with van der Waals surface area (Å²) < 4.78 is 6.02. The lowest BCUT2D eigenvalue weighted by Crippen LogP contribution is -2.48. The fraction of sp³-hybridized carbons (Fsp3) is 0.625. The van der Waals surface area contributed by atoms with Gasteiger partial charge < -0.3 is 14.7 Å². The zero-order chi connectivity index (χ0) is 15.0. The average Bonchev–Trinajstić information content (AvgIpc) is 2.71. The maximum atomic E-state index is 11.3. The van der Waals surface area contributed by atoms with Gasteiger partial charge in [0.2, 0.25) is 5.88 Å². The number of hydrogen-bond donors (Lipinski definition) is 1. The molecule has 1 aromatic rings. The molecule has 3 heterocycles. The van der Waals surface area contributed by atoms with Crippen molar-refractivity contribution < 1.29 is 14.6 Å². The van der Waals surface area contributed by atoms with Crippen molar-refractivity contribution >= 4 is 6.09 Å². The summed E-state index contributed by atoms with van der Waals surface area (Å²) in [5.41, 5.74) is 1.21. The summed E-state index contributed by atoms with van der Waals surface area (Å²) in [6.07, 6.45) is 4.53. The Labute approximate surface area is 124 Å². The van der Waals surface area contributed by atoms with Crippen molar-refractivity contribution in [1.29, 1.82) is 0 Å². The van der Waals surface area contributed by atoms with Gasteiger partial charge in [-0.25, -0.2) is 9.78 Å². The molecule has 2 aliphatic rings. The van der Waals surface area contributed by atoms with Crippen molar-refractivity contribution in [3.8, 4) is 5.88 Å². The molecule has 1 aromatic heterocycles. The molecule has 114 valence electrons. The van der Waals surface area contributed by atoms with Gasteiger partial charge in [0.25, 0.3) is 0 Å². The number of carbonyl (C=O) groups is 1. The Morgan fingerprint density at radius 2 is 2.05 bits per heavy atom. The highest BCUT2D eigenvalue weighted by atomic mass is 16.5. The Hall–Kier alpha value is -1.78. The molecule has 0 aliphatic carbocycles. The van der Waals surface area contributed by atoms with Crippen molar-refractivity contribution in [3.63, 3.8) is 0 Å². The summed E-state index contributed by atoms with van der Waals surface area (Å²) in [7, 11) is 0. The van der Waals surface area contributed by atoms with Gasteiger partial charge in [0.1, 0.15) is 6.10 Å². The summed E-state index contributed by atoms with van der Waals surface area (Å²) in [4.78, 5) is 17.2. The fourth-order valence-corrected chi connectivity index (χ4v) is 3.55. The molecule has 0 aromatic carbocycles. The van der Waals surface area contributed by atoms with Gasteiger partial charge in [0, 0.05) is 37.2 Å². The second kappa shape index (κ2) is 5.54. The highest BCUT2D eigenvalue weighted by molar-refractivity contribution is 5.66. The number of aromatic nitrogens is 1. The minimum Gasteiger partial charge on any atom is -0.474 e. The number of carboxylic acid groups (broad SMARTS) is 1. The molecule has 0 unspecified atom stereocenters. The second-order valence-electron chi connectivity index (χ2n) is 6.37. The maximum absolute atomic E-state index is 11.3. The van der Waals surface area contributed by atoms with Gasteiger partial charge in [0.15, 0.2) is 0 Å². The molecule has 5 heteroatoms. The van der Waals surface area contributed by atoms with E-state index in [4.69, 9.17) is 4.74 Å². The van der Waals surface area contributed by atoms with E-state index in [1.165, 1.54) is 5.56 Å². The van der Waals surface area contributed by atoms with Crippen molar-refractivity contribution in [3.05, 3.63) is 23.9 Å². The standard InChI is InChI=1S/C16H22N2O3/c1-10(2)11-5-6-17-15(7-11)21-14-8-12-3-4-13(9-14)18(12)16(19)20/h5-7,10,12-14H,3-4,8-9H2,1-2H3,(H,19,20)/t12-,13+,14+. The minimum atomic E-state index is -0.791. The third-order valence-electron chi connectivity index (χ3n) is 4.62. The predicted molar refractivity (Wildman–Crippen MR) is 78.6 cm³/mol. The molecule has 3 atom stereocenters. The molecule has 0 radical (unpaired) electrons. The van der Waals surface area contributed by atoms with E-state index in [0.29, 0.717) is 11.8 Å². The second-order valence-corrected chi connectivity index (χ2v) is 6.37. The zero-order valence-electron chi connectivity index (χ0n) is 12.5. The van der Waals surface area contributed by atoms with Gasteiger partial charge in [-0.2, -0.15) is 0 Å². The Kier molecular flexibility index (Phi) is 3.74. The third-order valence-corrected chi connectivity index (χ3v) is 4.62. The average molecular weight is 290 g/mol. The van der Waals surface area contributed by atoms with Crippen LogP contribution >= 0.6 is 0 Å². The van der Waals surface area contributed by atoms with Crippen LogP contribution in [-0.4, -0.2) is 39.3 Å². The first-order chi connectivity index (χ1) is 10.0. The quantitative estimate of drug-likeness (QED) is 0.928. The summed E-state index contributed by atoms with van der Waals surface area (Å²) in [5.74, 6) is 1.11. The van der Waals surface area contributed by atoms with Crippen LogP contribution in [-0.2, 0) is 0 Å². The maximum Gasteiger partial charge on any atom is 0.407 e. The molecular weight excluding hydrogens is 268 g/mol. The van der Waals surface area contributed by atoms with Gasteiger partial charge in [0.05, 0.1) is 0 Å². The van der Waals surface area contributed by atoms with Crippen LogP contribution in [0, 0.1) is 0 Å². The van der Waals surface area contributed by atoms with Gasteiger partial charge >= 0.3 is 6.09 Å². The number of fused-ring (bicyclic) bond motifs is 2. The third kappa shape index (κ3) is 2.82. The molecule has 1 N–H and O–H groups in total. The van der Waals surface area contributed by atoms with E-state index in [1.807, 2.05) is 12.1 Å². The van der Waals surface area contributed by atoms with Gasteiger partial charge in [-0.3, -0.25) is 0 Å². The van der Waals surface area contributed by atoms with Crippen molar-refractivity contribution in [2.75, 3.05) is 0 Å². The molecule has 0 saturated carbocycles. The minimum absolute atomic E-state index is 0.0769. The summed E-state index contributed by atoms with van der Waals surface area (Å²) in [6.45, 7) is 4.29. The Morgan fingerprint density at radius 3 is 2.62 bits per heavy atom. The SMILES string of the molecule is CC(C)c1ccnc(O[C@H]2C[C@H]3CC[C@@H](C2)N3C(=O)O)c1. The van der Waals surface area contributed by atoms with E-state index in [0.717, 1.165) is 25.7 Å². The smallest absolute Gasteiger partial charge is 0.407 e. The Morgan fingerprint density at radius 1 is 1.38 bits per heavy atom. The van der Waals surface area contributed by atoms with E-state index >= 15 is 0 Å². The first-order valence-electron chi connectivity index (χ1n) is 7.68. The first kappa shape index (κ1) is 14.2. The molecule has 2 saturated heterocycles. The zero-order valence-corrected chi connectivity index (χ0v) is 12.5. The largest absolute Gasteiger partial charge is 0.474 e. The monoisotopic (exact) mass is 290 g/mol. The Bertz CT molecular complexity index is 518. The van der Waals surface area contributed by atoms with Crippen LogP contribution in [0.1, 0.15) is 51.0 Å². The highest BCUT2D eigenvalue weighted by Crippen LogP contribution is 2.37. The van der Waals surface area contributed by atoms with Crippen LogP contribution in [0.25, 0.3) is 0 Å². The molecular formula is C16H22N2O3. The van der Waals surface area contributed by atoms with Crippen molar-refractivity contribution in [2.45, 2.75) is 63.6 Å². The van der Waals surface area contributed by atoms with Crippen LogP contribution in [0.4, 0.5) is 4.79 Å². The lowest BCUT2D eigenvalue weighted by atomic mass is 10.00. The molecule has 3 rings (SSSR count). The van der Waals surface area contributed by atoms with Crippen LogP contribution < -0.4 is 4.74 Å². The van der Waals surface area contributed by atoms with Gasteiger partial charge in [-0.05, 0) is 30.4 Å². The van der Waals surface area contributed by atoms with Crippen LogP contribution in [0.5, 0.6) is 5.88 Å². The Balaban J connectivity index is 1.68. The first-order valence-corrected chi connectivity index (χ1v) is 7.68. The molecule has 0 spiro atoms. The van der Waals surface area contributed by atoms with Crippen LogP contribution in [0.2, 0.25) is 0 Å². The van der Waals surface area contributed by atoms with E-state index in [1.54, 1.807) is 11.1 Å². The van der Waals surface area contributed by atoms with E-state index < -0.39 is 6.09 Å². The van der Waals surface area contributed by atoms with Gasteiger partial charge in [-0.1, -0.05) is 13.8 Å². The van der Waals surface area contributed by atoms with E-state index in [9.17, 15) is 9.90 Å². The normalized spacial score (nSPS) is 28.0. The predicted octanol–water partition coefficient (Wildman–Crippen LogP) is 3.26. The lowest BCUT2D eigenvalue weighted by Gasteiger charge is -2.36. The number of pyridine rings is 1. The molecule has 21 heavy (non-hydrogen) atoms. The molecule has 2 aliphatic heterocycles. The highest BCUT2D eigenvalue weighted by Gasteiger charge is 2.44. The molecule has 2 bridgehead atoms. The summed E-state index contributed by atoms with van der Waals surface area (Å²) >= 11 is 0. The lowest BCUT2D eigenvalue weighted by molar-refractivity contribution is 0.0476. The van der Waals surface area contributed by atoms with Crippen molar-refractivity contribution in [1.82, 2.24) is 9.88 Å². The summed E-state index contributed by atoms with van der Waals surface area (Å²) in [6, 6.07) is 4.23. The van der Waals surface area contributed by atoms with E-state index in [2.05, 4.69) is 18.8 Å². The van der Waals surface area contributed by atoms with Gasteiger partial charge in [-0.15, -0.1) is 0 Å². The van der Waals surface area contributed by atoms with E-state index in [-0.39, 0.29) is 18.2 Å². The van der Waals surface area contributed by atoms with Crippen LogP contribution in [0.15, 0.2) is 18.3 Å². The van der Waals surface area contributed by atoms with Crippen LogP contribution in [0.3, 0.4) is 0 Å². The number of hydrogen-bond acceptors (Lipinski definition) is 3. The number of piperidine rings is 1. The molecule has 2 fully saturated rings. The molecule has 5 nitrogen and oxygen atoms in total. The fourth-order valence-electron chi connectivity index (χ4n) is 3.55. The summed E-state index contributed by atoms with van der Waals surface area (Å²) in [5, 5.41) is 9.27.